The molecule has 3 nitrogen and oxygen atoms in total. The van der Waals surface area contributed by atoms with Gasteiger partial charge >= 0.3 is 6.18 Å². The molecule has 0 unspecified atom stereocenters. The molecule has 3 aromatic carbocycles. The minimum Gasteiger partial charge on any atom is -0.334 e. The average molecular weight is 380 g/mol. The third kappa shape index (κ3) is 3.41. The number of benzene rings is 3. The molecule has 0 radical (unpaired) electrons. The van der Waals surface area contributed by atoms with Crippen LogP contribution in [0.5, 0.6) is 0 Å². The Kier molecular flexibility index (Phi) is 4.47. The molecule has 140 valence electrons. The second-order valence-electron chi connectivity index (χ2n) is 6.36. The molecule has 0 amide bonds. The van der Waals surface area contributed by atoms with Crippen LogP contribution in [-0.4, -0.2) is 10.1 Å². The molecule has 0 aliphatic heterocycles. The Bertz CT molecular complexity index is 1120. The van der Waals surface area contributed by atoms with Crippen molar-refractivity contribution in [2.24, 2.45) is 0 Å². The zero-order chi connectivity index (χ0) is 19.7. The van der Waals surface area contributed by atoms with Crippen LogP contribution >= 0.6 is 0 Å². The van der Waals surface area contributed by atoms with Gasteiger partial charge in [-0.05, 0) is 35.7 Å². The second kappa shape index (κ2) is 6.96. The zero-order valence-corrected chi connectivity index (χ0v) is 14.9. The minimum atomic E-state index is -4.52. The SMILES string of the molecule is Cc1ccccc1-c1ccc(-c2nc(-c3ccccc3)no2)cc1C(F)(F)F. The van der Waals surface area contributed by atoms with Crippen LogP contribution in [0.3, 0.4) is 0 Å². The summed E-state index contributed by atoms with van der Waals surface area (Å²) in [5, 5.41) is 3.88. The van der Waals surface area contributed by atoms with Crippen molar-refractivity contribution in [2.45, 2.75) is 13.1 Å². The molecule has 0 aliphatic carbocycles. The fraction of sp³-hybridized carbons (Fsp3) is 0.0909. The summed E-state index contributed by atoms with van der Waals surface area (Å²) in [6.45, 7) is 1.79. The summed E-state index contributed by atoms with van der Waals surface area (Å²) in [4.78, 5) is 4.25. The predicted molar refractivity (Wildman–Crippen MR) is 100 cm³/mol. The largest absolute Gasteiger partial charge is 0.417 e. The molecule has 1 aromatic heterocycles. The number of nitrogens with zero attached hydrogens (tertiary/aromatic N) is 2. The molecule has 0 atom stereocenters. The van der Waals surface area contributed by atoms with Crippen LogP contribution in [0.25, 0.3) is 34.0 Å². The van der Waals surface area contributed by atoms with E-state index in [0.717, 1.165) is 17.2 Å². The maximum Gasteiger partial charge on any atom is 0.417 e. The molecule has 6 heteroatoms. The van der Waals surface area contributed by atoms with Crippen LogP contribution in [0, 0.1) is 6.92 Å². The molecule has 0 aliphatic rings. The molecule has 4 rings (SSSR count). The van der Waals surface area contributed by atoms with Crippen molar-refractivity contribution < 1.29 is 17.7 Å². The molecular weight excluding hydrogens is 365 g/mol. The first-order chi connectivity index (χ1) is 13.4. The van der Waals surface area contributed by atoms with Crippen LogP contribution in [-0.2, 0) is 6.18 Å². The highest BCUT2D eigenvalue weighted by atomic mass is 19.4. The predicted octanol–water partition coefficient (Wildman–Crippen LogP) is 6.40. The molecule has 28 heavy (non-hydrogen) atoms. The van der Waals surface area contributed by atoms with Crippen molar-refractivity contribution in [3.8, 4) is 34.0 Å². The van der Waals surface area contributed by atoms with Crippen molar-refractivity contribution in [3.05, 3.63) is 83.9 Å². The van der Waals surface area contributed by atoms with Crippen molar-refractivity contribution in [3.63, 3.8) is 0 Å². The quantitative estimate of drug-likeness (QED) is 0.413. The average Bonchev–Trinajstić information content (AvgIpc) is 3.18. The lowest BCUT2D eigenvalue weighted by Crippen LogP contribution is -2.08. The molecular formula is C22H15F3N2O. The molecule has 0 fully saturated rings. The lowest BCUT2D eigenvalue weighted by atomic mass is 9.94. The van der Waals surface area contributed by atoms with E-state index in [9.17, 15) is 13.2 Å². The van der Waals surface area contributed by atoms with Gasteiger partial charge in [0.15, 0.2) is 0 Å². The van der Waals surface area contributed by atoms with Gasteiger partial charge in [-0.1, -0.05) is 65.8 Å². The van der Waals surface area contributed by atoms with Gasteiger partial charge in [0.1, 0.15) is 0 Å². The van der Waals surface area contributed by atoms with Crippen LogP contribution < -0.4 is 0 Å². The van der Waals surface area contributed by atoms with E-state index in [1.807, 2.05) is 18.2 Å². The molecule has 1 heterocycles. The first kappa shape index (κ1) is 18.0. The fourth-order valence-electron chi connectivity index (χ4n) is 3.07. The van der Waals surface area contributed by atoms with E-state index in [-0.39, 0.29) is 17.0 Å². The van der Waals surface area contributed by atoms with E-state index in [2.05, 4.69) is 10.1 Å². The number of hydrogen-bond donors (Lipinski definition) is 0. The normalized spacial score (nSPS) is 11.6. The summed E-state index contributed by atoms with van der Waals surface area (Å²) in [7, 11) is 0. The highest BCUT2D eigenvalue weighted by Gasteiger charge is 2.34. The molecule has 0 spiro atoms. The second-order valence-corrected chi connectivity index (χ2v) is 6.36. The summed E-state index contributed by atoms with van der Waals surface area (Å²) in [5.74, 6) is 0.368. The van der Waals surface area contributed by atoms with Crippen molar-refractivity contribution in [2.75, 3.05) is 0 Å². The number of halogens is 3. The number of aromatic nitrogens is 2. The number of hydrogen-bond acceptors (Lipinski definition) is 3. The number of aryl methyl sites for hydroxylation is 1. The Balaban J connectivity index is 1.80. The van der Waals surface area contributed by atoms with Gasteiger partial charge in [-0.2, -0.15) is 18.2 Å². The maximum atomic E-state index is 13.8. The standard InChI is InChI=1S/C22H15F3N2O/c1-14-7-5-6-10-17(14)18-12-11-16(13-19(18)22(23,24)25)21-26-20(27-28-21)15-8-3-2-4-9-15/h2-13H,1H3. The van der Waals surface area contributed by atoms with Gasteiger partial charge < -0.3 is 4.52 Å². The summed E-state index contributed by atoms with van der Waals surface area (Å²) in [6.07, 6.45) is -4.52. The summed E-state index contributed by atoms with van der Waals surface area (Å²) < 4.78 is 46.5. The zero-order valence-electron chi connectivity index (χ0n) is 14.9. The number of alkyl halides is 3. The highest BCUT2D eigenvalue weighted by molar-refractivity contribution is 5.74. The van der Waals surface area contributed by atoms with E-state index in [0.29, 0.717) is 11.4 Å². The summed E-state index contributed by atoms with van der Waals surface area (Å²) in [5.41, 5.74) is 1.64. The lowest BCUT2D eigenvalue weighted by Gasteiger charge is -2.15. The van der Waals surface area contributed by atoms with E-state index in [4.69, 9.17) is 4.52 Å². The van der Waals surface area contributed by atoms with Gasteiger partial charge in [0.2, 0.25) is 5.82 Å². The monoisotopic (exact) mass is 380 g/mol. The van der Waals surface area contributed by atoms with Gasteiger partial charge in [0.05, 0.1) is 5.56 Å². The fourth-order valence-corrected chi connectivity index (χ4v) is 3.07. The Morgan fingerprint density at radius 1 is 0.786 bits per heavy atom. The van der Waals surface area contributed by atoms with Gasteiger partial charge in [0.25, 0.3) is 5.89 Å². The van der Waals surface area contributed by atoms with E-state index >= 15 is 0 Å². The smallest absolute Gasteiger partial charge is 0.334 e. The van der Waals surface area contributed by atoms with Crippen LogP contribution in [0.2, 0.25) is 0 Å². The molecule has 0 N–H and O–H groups in total. The Morgan fingerprint density at radius 3 is 2.21 bits per heavy atom. The van der Waals surface area contributed by atoms with Gasteiger partial charge in [-0.25, -0.2) is 0 Å². The summed E-state index contributed by atoms with van der Waals surface area (Å²) >= 11 is 0. The van der Waals surface area contributed by atoms with E-state index < -0.39 is 11.7 Å². The molecule has 0 saturated heterocycles. The Hall–Kier alpha value is -3.41. The van der Waals surface area contributed by atoms with E-state index in [1.165, 1.54) is 6.07 Å². The van der Waals surface area contributed by atoms with Crippen LogP contribution in [0.1, 0.15) is 11.1 Å². The maximum absolute atomic E-state index is 13.8. The molecule has 0 saturated carbocycles. The lowest BCUT2D eigenvalue weighted by molar-refractivity contribution is -0.137. The van der Waals surface area contributed by atoms with E-state index in [1.54, 1.807) is 49.4 Å². The van der Waals surface area contributed by atoms with Crippen molar-refractivity contribution in [1.29, 1.82) is 0 Å². The Morgan fingerprint density at radius 2 is 1.50 bits per heavy atom. The third-order valence-corrected chi connectivity index (χ3v) is 4.47. The summed E-state index contributed by atoms with van der Waals surface area (Å²) in [6, 6.07) is 20.2. The van der Waals surface area contributed by atoms with Gasteiger partial charge in [-0.3, -0.25) is 0 Å². The van der Waals surface area contributed by atoms with Crippen LogP contribution in [0.4, 0.5) is 13.2 Å². The highest BCUT2D eigenvalue weighted by Crippen LogP contribution is 2.40. The van der Waals surface area contributed by atoms with Gasteiger partial charge in [0, 0.05) is 11.1 Å². The van der Waals surface area contributed by atoms with Crippen molar-refractivity contribution >= 4 is 0 Å². The third-order valence-electron chi connectivity index (χ3n) is 4.47. The first-order valence-electron chi connectivity index (χ1n) is 8.60. The van der Waals surface area contributed by atoms with Crippen molar-refractivity contribution in [1.82, 2.24) is 10.1 Å². The van der Waals surface area contributed by atoms with Gasteiger partial charge in [-0.15, -0.1) is 0 Å². The minimum absolute atomic E-state index is 0.0423. The van der Waals surface area contributed by atoms with Crippen LogP contribution in [0.15, 0.2) is 77.3 Å². The molecule has 0 bridgehead atoms. The number of rotatable bonds is 3. The molecule has 4 aromatic rings. The topological polar surface area (TPSA) is 38.9 Å². The Labute approximate surface area is 159 Å². The first-order valence-corrected chi connectivity index (χ1v) is 8.60.